The van der Waals surface area contributed by atoms with Gasteiger partial charge in [0, 0.05) is 17.3 Å². The van der Waals surface area contributed by atoms with Gasteiger partial charge < -0.3 is 5.32 Å². The fraction of sp³-hybridized carbons (Fsp3) is 0.211. The highest BCUT2D eigenvalue weighted by molar-refractivity contribution is 7.92. The van der Waals surface area contributed by atoms with E-state index in [4.69, 9.17) is 0 Å². The third-order valence-corrected chi connectivity index (χ3v) is 5.39. The number of carbonyl (C=O) groups excluding carboxylic acids is 1. The smallest absolute Gasteiger partial charge is 0.261 e. The van der Waals surface area contributed by atoms with Crippen LogP contribution in [0.25, 0.3) is 0 Å². The Morgan fingerprint density at radius 1 is 1.18 bits per heavy atom. The zero-order chi connectivity index (χ0) is 20.1. The minimum absolute atomic E-state index is 0.0182. The van der Waals surface area contributed by atoms with Gasteiger partial charge in [-0.2, -0.15) is 5.10 Å². The topological polar surface area (TPSA) is 106 Å². The van der Waals surface area contributed by atoms with E-state index in [1.165, 1.54) is 18.5 Å². The quantitative estimate of drug-likeness (QED) is 0.634. The molecule has 9 heteroatoms. The average molecular weight is 399 g/mol. The largest absolute Gasteiger partial charge is 0.348 e. The molecule has 0 saturated heterocycles. The molecule has 28 heavy (non-hydrogen) atoms. The molecule has 1 aromatic heterocycles. The number of rotatable bonds is 7. The summed E-state index contributed by atoms with van der Waals surface area (Å²) in [5.74, 6) is -0.361. The number of nitrogens with zero attached hydrogens (tertiary/aromatic N) is 3. The van der Waals surface area contributed by atoms with Crippen molar-refractivity contribution < 1.29 is 13.2 Å². The van der Waals surface area contributed by atoms with E-state index in [1.54, 1.807) is 35.3 Å². The Kier molecular flexibility index (Phi) is 5.74. The molecule has 0 spiro atoms. The van der Waals surface area contributed by atoms with E-state index in [0.29, 0.717) is 12.2 Å². The molecule has 146 valence electrons. The first-order chi connectivity index (χ1) is 13.3. The van der Waals surface area contributed by atoms with Gasteiger partial charge in [0.05, 0.1) is 11.4 Å². The predicted molar refractivity (Wildman–Crippen MR) is 105 cm³/mol. The van der Waals surface area contributed by atoms with Gasteiger partial charge in [-0.3, -0.25) is 14.2 Å². The van der Waals surface area contributed by atoms with Crippen molar-refractivity contribution in [3.8, 4) is 0 Å². The number of hydrogen-bond donors (Lipinski definition) is 2. The molecule has 1 unspecified atom stereocenters. The second-order valence-electron chi connectivity index (χ2n) is 6.49. The van der Waals surface area contributed by atoms with Crippen molar-refractivity contribution in [1.29, 1.82) is 0 Å². The van der Waals surface area contributed by atoms with Gasteiger partial charge in [-0.1, -0.05) is 23.8 Å². The second-order valence-corrected chi connectivity index (χ2v) is 8.17. The normalized spacial score (nSPS) is 12.4. The molecule has 2 aromatic carbocycles. The molecule has 1 amide bonds. The Balaban J connectivity index is 1.71. The SMILES string of the molecule is Cc1ccc(NS(=O)(=O)c2cccc(C(=O)NC(C)Cn3cncn3)c2)cc1. The third kappa shape index (κ3) is 4.95. The monoisotopic (exact) mass is 399 g/mol. The summed E-state index contributed by atoms with van der Waals surface area (Å²) >= 11 is 0. The third-order valence-electron chi connectivity index (χ3n) is 4.02. The number of sulfonamides is 1. The van der Waals surface area contributed by atoms with Gasteiger partial charge in [0.2, 0.25) is 0 Å². The maximum atomic E-state index is 12.6. The summed E-state index contributed by atoms with van der Waals surface area (Å²) in [5.41, 5.74) is 1.75. The molecule has 0 aliphatic rings. The van der Waals surface area contributed by atoms with Crippen LogP contribution in [-0.4, -0.2) is 35.1 Å². The first-order valence-corrected chi connectivity index (χ1v) is 10.1. The van der Waals surface area contributed by atoms with Crippen LogP contribution in [0.4, 0.5) is 5.69 Å². The first-order valence-electron chi connectivity index (χ1n) is 8.66. The average Bonchev–Trinajstić information content (AvgIpc) is 3.16. The summed E-state index contributed by atoms with van der Waals surface area (Å²) < 4.78 is 29.4. The molecule has 3 aromatic rings. The molecule has 0 saturated carbocycles. The number of aromatic nitrogens is 3. The Hall–Kier alpha value is -3.20. The van der Waals surface area contributed by atoms with Crippen LogP contribution in [0.1, 0.15) is 22.8 Å². The molecule has 0 radical (unpaired) electrons. The maximum absolute atomic E-state index is 12.6. The number of aryl methyl sites for hydroxylation is 1. The molecule has 1 heterocycles. The van der Waals surface area contributed by atoms with E-state index in [1.807, 2.05) is 26.0 Å². The standard InChI is InChI=1S/C19H21N5O3S/c1-14-6-8-17(9-7-14)23-28(26,27)18-5-3-4-16(10-18)19(25)22-15(2)11-24-13-20-12-21-24/h3-10,12-13,15,23H,11H2,1-2H3,(H,22,25). The first kappa shape index (κ1) is 19.6. The lowest BCUT2D eigenvalue weighted by Crippen LogP contribution is -2.35. The molecule has 1 atom stereocenters. The molecule has 2 N–H and O–H groups in total. The minimum atomic E-state index is -3.80. The summed E-state index contributed by atoms with van der Waals surface area (Å²) in [5, 5.41) is 6.82. The fourth-order valence-electron chi connectivity index (χ4n) is 2.60. The maximum Gasteiger partial charge on any atom is 0.261 e. The van der Waals surface area contributed by atoms with E-state index < -0.39 is 10.0 Å². The molecule has 0 aliphatic heterocycles. The number of anilines is 1. The second kappa shape index (κ2) is 8.22. The van der Waals surface area contributed by atoms with Crippen LogP contribution >= 0.6 is 0 Å². The Morgan fingerprint density at radius 3 is 2.61 bits per heavy atom. The van der Waals surface area contributed by atoms with E-state index in [2.05, 4.69) is 20.1 Å². The summed E-state index contributed by atoms with van der Waals surface area (Å²) in [7, 11) is -3.80. The van der Waals surface area contributed by atoms with Gasteiger partial charge in [-0.05, 0) is 44.2 Å². The summed E-state index contributed by atoms with van der Waals surface area (Å²) in [4.78, 5) is 16.4. The lowest BCUT2D eigenvalue weighted by molar-refractivity contribution is 0.0935. The van der Waals surface area contributed by atoms with E-state index >= 15 is 0 Å². The van der Waals surface area contributed by atoms with Crippen molar-refractivity contribution in [3.05, 3.63) is 72.3 Å². The lowest BCUT2D eigenvalue weighted by atomic mass is 10.2. The van der Waals surface area contributed by atoms with Crippen molar-refractivity contribution >= 4 is 21.6 Å². The summed E-state index contributed by atoms with van der Waals surface area (Å²) in [6.07, 6.45) is 2.98. The number of nitrogens with one attached hydrogen (secondary N) is 2. The van der Waals surface area contributed by atoms with E-state index in [9.17, 15) is 13.2 Å². The summed E-state index contributed by atoms with van der Waals surface area (Å²) in [6, 6.07) is 12.7. The van der Waals surface area contributed by atoms with Gasteiger partial charge in [-0.25, -0.2) is 13.4 Å². The highest BCUT2D eigenvalue weighted by atomic mass is 32.2. The Labute approximate surface area is 163 Å². The van der Waals surface area contributed by atoms with E-state index in [-0.39, 0.29) is 22.4 Å². The van der Waals surface area contributed by atoms with Crippen LogP contribution < -0.4 is 10.0 Å². The molecule has 3 rings (SSSR count). The molecule has 0 fully saturated rings. The van der Waals surface area contributed by atoms with Gasteiger partial charge in [0.15, 0.2) is 0 Å². The molecule has 0 aliphatic carbocycles. The zero-order valence-electron chi connectivity index (χ0n) is 15.5. The molecule has 0 bridgehead atoms. The van der Waals surface area contributed by atoms with Crippen LogP contribution in [0.2, 0.25) is 0 Å². The van der Waals surface area contributed by atoms with Gasteiger partial charge in [-0.15, -0.1) is 0 Å². The van der Waals surface area contributed by atoms with E-state index in [0.717, 1.165) is 5.56 Å². The molecule has 8 nitrogen and oxygen atoms in total. The lowest BCUT2D eigenvalue weighted by Gasteiger charge is -2.14. The van der Waals surface area contributed by atoms with Crippen LogP contribution in [0, 0.1) is 6.92 Å². The van der Waals surface area contributed by atoms with Crippen LogP contribution in [-0.2, 0) is 16.6 Å². The highest BCUT2D eigenvalue weighted by Gasteiger charge is 2.17. The Morgan fingerprint density at radius 2 is 1.93 bits per heavy atom. The number of benzene rings is 2. The highest BCUT2D eigenvalue weighted by Crippen LogP contribution is 2.18. The molecular formula is C19H21N5O3S. The van der Waals surface area contributed by atoms with Crippen molar-refractivity contribution in [3.63, 3.8) is 0 Å². The van der Waals surface area contributed by atoms with Crippen molar-refractivity contribution in [2.75, 3.05) is 4.72 Å². The van der Waals surface area contributed by atoms with Gasteiger partial charge in [0.1, 0.15) is 12.7 Å². The van der Waals surface area contributed by atoms with Gasteiger partial charge in [0.25, 0.3) is 15.9 Å². The number of carbonyl (C=O) groups is 1. The fourth-order valence-corrected chi connectivity index (χ4v) is 3.70. The number of hydrogen-bond acceptors (Lipinski definition) is 5. The van der Waals surface area contributed by atoms with Gasteiger partial charge >= 0.3 is 0 Å². The van der Waals surface area contributed by atoms with Crippen LogP contribution in [0.15, 0.2) is 66.1 Å². The predicted octanol–water partition coefficient (Wildman–Crippen LogP) is 2.21. The van der Waals surface area contributed by atoms with Crippen molar-refractivity contribution in [2.24, 2.45) is 0 Å². The van der Waals surface area contributed by atoms with Crippen LogP contribution in [0.5, 0.6) is 0 Å². The number of amides is 1. The van der Waals surface area contributed by atoms with Crippen molar-refractivity contribution in [1.82, 2.24) is 20.1 Å². The minimum Gasteiger partial charge on any atom is -0.348 e. The summed E-state index contributed by atoms with van der Waals surface area (Å²) in [6.45, 7) is 4.21. The molecular weight excluding hydrogens is 378 g/mol. The zero-order valence-corrected chi connectivity index (χ0v) is 16.3. The Bertz CT molecular complexity index is 1050. The van der Waals surface area contributed by atoms with Crippen molar-refractivity contribution in [2.45, 2.75) is 31.3 Å². The van der Waals surface area contributed by atoms with Crippen LogP contribution in [0.3, 0.4) is 0 Å².